The molecular formula is C22H28F2N4. The van der Waals surface area contributed by atoms with Crippen molar-refractivity contribution in [1.82, 2.24) is 10.6 Å². The van der Waals surface area contributed by atoms with E-state index in [2.05, 4.69) is 44.8 Å². The summed E-state index contributed by atoms with van der Waals surface area (Å²) in [6.07, 6.45) is 2.51. The van der Waals surface area contributed by atoms with Crippen molar-refractivity contribution in [2.75, 3.05) is 31.1 Å². The molecule has 1 heterocycles. The Morgan fingerprint density at radius 2 is 1.86 bits per heavy atom. The zero-order chi connectivity index (χ0) is 19.8. The van der Waals surface area contributed by atoms with Crippen molar-refractivity contribution >= 4 is 11.6 Å². The summed E-state index contributed by atoms with van der Waals surface area (Å²) in [5, 5.41) is 6.75. The number of nitrogens with one attached hydrogen (secondary N) is 2. The van der Waals surface area contributed by atoms with E-state index >= 15 is 0 Å². The highest BCUT2D eigenvalue weighted by molar-refractivity contribution is 5.80. The van der Waals surface area contributed by atoms with Crippen molar-refractivity contribution in [3.05, 3.63) is 65.7 Å². The molecule has 0 aliphatic carbocycles. The second-order valence-electron chi connectivity index (χ2n) is 6.99. The van der Waals surface area contributed by atoms with E-state index in [1.165, 1.54) is 17.8 Å². The molecule has 0 atom stereocenters. The highest BCUT2D eigenvalue weighted by Gasteiger charge is 2.20. The average Bonchev–Trinajstić information content (AvgIpc) is 2.71. The van der Waals surface area contributed by atoms with Crippen LogP contribution >= 0.6 is 0 Å². The maximum Gasteiger partial charge on any atom is 0.191 e. The molecule has 28 heavy (non-hydrogen) atoms. The molecule has 0 amide bonds. The number of hydrogen-bond acceptors (Lipinski definition) is 2. The highest BCUT2D eigenvalue weighted by Crippen LogP contribution is 2.19. The molecule has 1 saturated heterocycles. The number of nitrogens with zero attached hydrogens (tertiary/aromatic N) is 2. The fourth-order valence-corrected chi connectivity index (χ4v) is 3.45. The summed E-state index contributed by atoms with van der Waals surface area (Å²) < 4.78 is 26.8. The second-order valence-corrected chi connectivity index (χ2v) is 6.99. The lowest BCUT2D eigenvalue weighted by Gasteiger charge is -2.34. The Hall–Kier alpha value is -2.63. The summed E-state index contributed by atoms with van der Waals surface area (Å²) in [6, 6.07) is 14.5. The maximum absolute atomic E-state index is 13.7. The summed E-state index contributed by atoms with van der Waals surface area (Å²) in [6.45, 7) is 5.24. The van der Waals surface area contributed by atoms with Crippen LogP contribution in [0.4, 0.5) is 14.5 Å². The summed E-state index contributed by atoms with van der Waals surface area (Å²) in [5.74, 6) is -0.314. The van der Waals surface area contributed by atoms with Crippen LogP contribution in [0, 0.1) is 11.6 Å². The predicted octanol–water partition coefficient (Wildman–Crippen LogP) is 3.73. The number of benzene rings is 2. The Morgan fingerprint density at radius 3 is 2.54 bits per heavy atom. The van der Waals surface area contributed by atoms with Crippen LogP contribution in [0.2, 0.25) is 0 Å². The molecule has 0 radical (unpaired) electrons. The summed E-state index contributed by atoms with van der Waals surface area (Å²) in [5.41, 5.74) is 1.75. The number of rotatable bonds is 6. The minimum Gasteiger partial charge on any atom is -0.371 e. The van der Waals surface area contributed by atoms with Gasteiger partial charge in [-0.3, -0.25) is 4.99 Å². The maximum atomic E-state index is 13.7. The number of para-hydroxylation sites is 1. The van der Waals surface area contributed by atoms with E-state index in [1.54, 1.807) is 0 Å². The van der Waals surface area contributed by atoms with Crippen molar-refractivity contribution in [3.63, 3.8) is 0 Å². The third kappa shape index (κ3) is 5.68. The quantitative estimate of drug-likeness (QED) is 0.587. The summed E-state index contributed by atoms with van der Waals surface area (Å²) >= 11 is 0. The van der Waals surface area contributed by atoms with E-state index in [0.717, 1.165) is 44.5 Å². The molecular weight excluding hydrogens is 358 g/mol. The molecule has 4 nitrogen and oxygen atoms in total. The smallest absolute Gasteiger partial charge is 0.191 e. The Balaban J connectivity index is 1.51. The molecule has 3 rings (SSSR count). The molecule has 0 aromatic heterocycles. The van der Waals surface area contributed by atoms with Crippen LogP contribution in [-0.4, -0.2) is 38.2 Å². The van der Waals surface area contributed by atoms with Gasteiger partial charge in [0.2, 0.25) is 0 Å². The average molecular weight is 386 g/mol. The first-order chi connectivity index (χ1) is 13.7. The molecule has 2 aromatic carbocycles. The van der Waals surface area contributed by atoms with Crippen molar-refractivity contribution in [3.8, 4) is 0 Å². The van der Waals surface area contributed by atoms with Gasteiger partial charge in [0.15, 0.2) is 5.96 Å². The molecule has 0 unspecified atom stereocenters. The van der Waals surface area contributed by atoms with Gasteiger partial charge < -0.3 is 15.5 Å². The molecule has 1 aliphatic rings. The lowest BCUT2D eigenvalue weighted by molar-refractivity contribution is 0.461. The molecule has 0 spiro atoms. The van der Waals surface area contributed by atoms with Crippen LogP contribution in [0.5, 0.6) is 0 Å². The van der Waals surface area contributed by atoms with Gasteiger partial charge in [-0.1, -0.05) is 24.3 Å². The SMILES string of the molecule is CCNC(=NCCc1ccc(F)cc1F)NC1CCN(c2ccccc2)CC1. The minimum absolute atomic E-state index is 0.361. The van der Waals surface area contributed by atoms with E-state index in [9.17, 15) is 8.78 Å². The van der Waals surface area contributed by atoms with Crippen molar-refractivity contribution in [2.24, 2.45) is 4.99 Å². The Bertz CT molecular complexity index is 771. The lowest BCUT2D eigenvalue weighted by atomic mass is 10.0. The van der Waals surface area contributed by atoms with Crippen molar-refractivity contribution in [2.45, 2.75) is 32.2 Å². The van der Waals surface area contributed by atoms with Crippen LogP contribution in [0.15, 0.2) is 53.5 Å². The molecule has 1 fully saturated rings. The third-order valence-electron chi connectivity index (χ3n) is 4.97. The molecule has 2 aromatic rings. The number of guanidine groups is 1. The van der Waals surface area contributed by atoms with E-state index in [-0.39, 0.29) is 0 Å². The topological polar surface area (TPSA) is 39.7 Å². The van der Waals surface area contributed by atoms with Gasteiger partial charge in [-0.25, -0.2) is 8.78 Å². The third-order valence-corrected chi connectivity index (χ3v) is 4.97. The summed E-state index contributed by atoms with van der Waals surface area (Å²) in [7, 11) is 0. The van der Waals surface area contributed by atoms with Gasteiger partial charge in [0.25, 0.3) is 0 Å². The van der Waals surface area contributed by atoms with Crippen LogP contribution in [0.3, 0.4) is 0 Å². The Morgan fingerprint density at radius 1 is 1.11 bits per heavy atom. The first-order valence-corrected chi connectivity index (χ1v) is 9.94. The number of halogens is 2. The van der Waals surface area contributed by atoms with Crippen molar-refractivity contribution in [1.29, 1.82) is 0 Å². The molecule has 150 valence electrons. The molecule has 2 N–H and O–H groups in total. The fraction of sp³-hybridized carbons (Fsp3) is 0.409. The zero-order valence-electron chi connectivity index (χ0n) is 16.3. The zero-order valence-corrected chi connectivity index (χ0v) is 16.3. The van der Waals surface area contributed by atoms with Gasteiger partial charge in [-0.2, -0.15) is 0 Å². The molecule has 6 heteroatoms. The molecule has 1 aliphatic heterocycles. The van der Waals surface area contributed by atoms with Gasteiger partial charge in [-0.05, 0) is 49.9 Å². The van der Waals surface area contributed by atoms with Gasteiger partial charge in [0.1, 0.15) is 11.6 Å². The van der Waals surface area contributed by atoms with Crippen molar-refractivity contribution < 1.29 is 8.78 Å². The number of anilines is 1. The minimum atomic E-state index is -0.554. The van der Waals surface area contributed by atoms with E-state index in [4.69, 9.17) is 0 Å². The Kier molecular flexibility index (Phi) is 7.23. The number of piperidine rings is 1. The number of hydrogen-bond donors (Lipinski definition) is 2. The first kappa shape index (κ1) is 20.1. The predicted molar refractivity (Wildman–Crippen MR) is 111 cm³/mol. The van der Waals surface area contributed by atoms with E-state index < -0.39 is 11.6 Å². The second kappa shape index (κ2) is 10.1. The van der Waals surface area contributed by atoms with Gasteiger partial charge in [-0.15, -0.1) is 0 Å². The fourth-order valence-electron chi connectivity index (χ4n) is 3.45. The van der Waals surface area contributed by atoms with Crippen LogP contribution < -0.4 is 15.5 Å². The highest BCUT2D eigenvalue weighted by atomic mass is 19.1. The van der Waals surface area contributed by atoms with Crippen LogP contribution in [0.1, 0.15) is 25.3 Å². The van der Waals surface area contributed by atoms with Gasteiger partial charge >= 0.3 is 0 Å². The number of aliphatic imine (C=N–C) groups is 1. The summed E-state index contributed by atoms with van der Waals surface area (Å²) in [4.78, 5) is 6.97. The lowest BCUT2D eigenvalue weighted by Crippen LogP contribution is -2.48. The normalized spacial score (nSPS) is 15.5. The van der Waals surface area contributed by atoms with E-state index in [0.29, 0.717) is 24.6 Å². The largest absolute Gasteiger partial charge is 0.371 e. The molecule has 0 bridgehead atoms. The molecule has 0 saturated carbocycles. The van der Waals surface area contributed by atoms with Gasteiger partial charge in [0.05, 0.1) is 0 Å². The Labute approximate surface area is 165 Å². The van der Waals surface area contributed by atoms with Crippen LogP contribution in [-0.2, 0) is 6.42 Å². The van der Waals surface area contributed by atoms with Crippen LogP contribution in [0.25, 0.3) is 0 Å². The monoisotopic (exact) mass is 386 g/mol. The van der Waals surface area contributed by atoms with Gasteiger partial charge in [0, 0.05) is 44.0 Å². The first-order valence-electron chi connectivity index (χ1n) is 9.94. The standard InChI is InChI=1S/C22H28F2N4/c1-2-25-22(26-13-10-17-8-9-18(23)16-21(17)24)27-19-11-14-28(15-12-19)20-6-4-3-5-7-20/h3-9,16,19H,2,10-15H2,1H3,(H2,25,26,27). The van der Waals surface area contributed by atoms with E-state index in [1.807, 2.05) is 13.0 Å².